The topological polar surface area (TPSA) is 99.9 Å². The Morgan fingerprint density at radius 1 is 1.00 bits per heavy atom. The largest absolute Gasteiger partial charge is 0.378 e. The van der Waals surface area contributed by atoms with Gasteiger partial charge < -0.3 is 15.0 Å². The summed E-state index contributed by atoms with van der Waals surface area (Å²) in [5.41, 5.74) is 4.24. The van der Waals surface area contributed by atoms with E-state index in [4.69, 9.17) is 4.74 Å². The summed E-state index contributed by atoms with van der Waals surface area (Å²) in [6.07, 6.45) is -0.110. The zero-order valence-corrected chi connectivity index (χ0v) is 19.7. The van der Waals surface area contributed by atoms with Gasteiger partial charge in [-0.1, -0.05) is 54.6 Å². The third-order valence-electron chi connectivity index (χ3n) is 5.88. The molecule has 4 rings (SSSR count). The van der Waals surface area contributed by atoms with E-state index in [2.05, 4.69) is 20.5 Å². The van der Waals surface area contributed by atoms with Crippen molar-refractivity contribution in [3.8, 4) is 0 Å². The van der Waals surface area contributed by atoms with E-state index in [1.165, 1.54) is 6.07 Å². The first-order valence-electron chi connectivity index (χ1n) is 11.4. The summed E-state index contributed by atoms with van der Waals surface area (Å²) in [6, 6.07) is 17.5. The van der Waals surface area contributed by atoms with Crippen LogP contribution in [0.4, 0.5) is 8.78 Å². The second kappa shape index (κ2) is 11.5. The Balaban J connectivity index is 1.50. The van der Waals surface area contributed by atoms with Crippen molar-refractivity contribution in [3.63, 3.8) is 0 Å². The van der Waals surface area contributed by atoms with Crippen LogP contribution >= 0.6 is 0 Å². The van der Waals surface area contributed by atoms with Gasteiger partial charge in [-0.05, 0) is 22.8 Å². The van der Waals surface area contributed by atoms with Crippen molar-refractivity contribution in [3.05, 3.63) is 122 Å². The van der Waals surface area contributed by atoms with Gasteiger partial charge in [0.05, 0.1) is 12.3 Å². The molecule has 0 fully saturated rings. The van der Waals surface area contributed by atoms with Crippen LogP contribution in [0.25, 0.3) is 0 Å². The molecule has 1 amide bonds. The van der Waals surface area contributed by atoms with E-state index in [-0.39, 0.29) is 30.0 Å². The fourth-order valence-electron chi connectivity index (χ4n) is 4.01. The number of methoxy groups -OCH3 is 1. The number of nitrogens with one attached hydrogen (secondary N) is 3. The number of hydrogen-bond acceptors (Lipinski definition) is 4. The number of pyridine rings is 1. The molecule has 2 aromatic carbocycles. The summed E-state index contributed by atoms with van der Waals surface area (Å²) < 4.78 is 31.8. The first-order chi connectivity index (χ1) is 17.5. The number of aromatic nitrogens is 3. The fourth-order valence-corrected chi connectivity index (χ4v) is 4.01. The Labute approximate surface area is 206 Å². The van der Waals surface area contributed by atoms with Gasteiger partial charge in [-0.2, -0.15) is 5.10 Å². The molecular weight excluding hydrogens is 466 g/mol. The summed E-state index contributed by atoms with van der Waals surface area (Å²) in [7, 11) is 1.55. The Kier molecular flexibility index (Phi) is 8.02. The molecule has 2 heterocycles. The predicted octanol–water partition coefficient (Wildman–Crippen LogP) is 4.29. The lowest BCUT2D eigenvalue weighted by atomic mass is 9.99. The van der Waals surface area contributed by atoms with Gasteiger partial charge in [0.15, 0.2) is 5.69 Å². The lowest BCUT2D eigenvalue weighted by Crippen LogP contribution is -2.25. The molecule has 9 heteroatoms. The summed E-state index contributed by atoms with van der Waals surface area (Å²) >= 11 is 0. The molecule has 0 aliphatic rings. The van der Waals surface area contributed by atoms with Crippen LogP contribution in [-0.4, -0.2) is 28.2 Å². The molecule has 36 heavy (non-hydrogen) atoms. The zero-order valence-electron chi connectivity index (χ0n) is 19.7. The molecule has 186 valence electrons. The first-order valence-corrected chi connectivity index (χ1v) is 11.4. The van der Waals surface area contributed by atoms with Gasteiger partial charge in [0.2, 0.25) is 0 Å². The quantitative estimate of drug-likeness (QED) is 0.307. The zero-order chi connectivity index (χ0) is 25.5. The molecule has 0 spiro atoms. The van der Waals surface area contributed by atoms with E-state index in [1.54, 1.807) is 43.6 Å². The molecule has 0 bridgehead atoms. The van der Waals surface area contributed by atoms with Crippen molar-refractivity contribution in [2.45, 2.75) is 32.4 Å². The van der Waals surface area contributed by atoms with Crippen LogP contribution in [-0.2, 0) is 30.7 Å². The molecule has 7 nitrogen and oxygen atoms in total. The van der Waals surface area contributed by atoms with E-state index < -0.39 is 12.3 Å². The Bertz CT molecular complexity index is 1380. The molecule has 0 saturated carbocycles. The maximum atomic E-state index is 13.3. The number of halogens is 2. The summed E-state index contributed by atoms with van der Waals surface area (Å²) in [6.45, 7) is 0.192. The Morgan fingerprint density at radius 3 is 2.39 bits per heavy atom. The molecule has 0 aliphatic heterocycles. The average Bonchev–Trinajstić information content (AvgIpc) is 3.27. The van der Waals surface area contributed by atoms with Gasteiger partial charge in [-0.25, -0.2) is 8.78 Å². The van der Waals surface area contributed by atoms with Crippen molar-refractivity contribution in [1.82, 2.24) is 20.5 Å². The number of aromatic amines is 2. The highest BCUT2D eigenvalue weighted by Gasteiger charge is 2.21. The first kappa shape index (κ1) is 25.0. The van der Waals surface area contributed by atoms with Gasteiger partial charge in [0, 0.05) is 49.4 Å². The van der Waals surface area contributed by atoms with Crippen molar-refractivity contribution >= 4 is 5.91 Å². The summed E-state index contributed by atoms with van der Waals surface area (Å²) in [5.74, 6) is -0.465. The molecule has 0 unspecified atom stereocenters. The normalized spacial score (nSPS) is 11.1. The number of hydrogen-bond donors (Lipinski definition) is 3. The monoisotopic (exact) mass is 492 g/mol. The molecular formula is C27H26F2N4O3. The van der Waals surface area contributed by atoms with Gasteiger partial charge >= 0.3 is 0 Å². The highest BCUT2D eigenvalue weighted by molar-refractivity contribution is 5.94. The van der Waals surface area contributed by atoms with E-state index in [1.807, 2.05) is 24.3 Å². The number of carbonyl (C=O) groups excluding carboxylic acids is 1. The van der Waals surface area contributed by atoms with Gasteiger partial charge in [-0.3, -0.25) is 14.7 Å². The molecule has 0 aliphatic carbocycles. The van der Waals surface area contributed by atoms with Crippen molar-refractivity contribution in [1.29, 1.82) is 0 Å². The predicted molar refractivity (Wildman–Crippen MR) is 131 cm³/mol. The lowest BCUT2D eigenvalue weighted by Gasteiger charge is -2.11. The maximum Gasteiger partial charge on any atom is 0.272 e. The minimum absolute atomic E-state index is 0.0431. The Morgan fingerprint density at radius 2 is 1.69 bits per heavy atom. The van der Waals surface area contributed by atoms with Crippen LogP contribution in [0.3, 0.4) is 0 Å². The number of benzene rings is 2. The highest BCUT2D eigenvalue weighted by Crippen LogP contribution is 2.23. The van der Waals surface area contributed by atoms with Crippen LogP contribution in [0.15, 0.2) is 71.7 Å². The second-order valence-corrected chi connectivity index (χ2v) is 8.34. The molecule has 0 saturated heterocycles. The van der Waals surface area contributed by atoms with Crippen LogP contribution in [0.2, 0.25) is 0 Å². The van der Waals surface area contributed by atoms with Gasteiger partial charge in [-0.15, -0.1) is 0 Å². The maximum absolute atomic E-state index is 13.3. The van der Waals surface area contributed by atoms with Crippen LogP contribution in [0.5, 0.6) is 0 Å². The summed E-state index contributed by atoms with van der Waals surface area (Å²) in [5, 5.41) is 9.75. The minimum atomic E-state index is -2.63. The molecule has 3 N–H and O–H groups in total. The van der Waals surface area contributed by atoms with E-state index in [0.29, 0.717) is 35.2 Å². The van der Waals surface area contributed by atoms with Crippen molar-refractivity contribution in [2.75, 3.05) is 7.11 Å². The van der Waals surface area contributed by atoms with E-state index in [9.17, 15) is 18.4 Å². The lowest BCUT2D eigenvalue weighted by molar-refractivity contribution is 0.0943. The number of ether oxygens (including phenoxy) is 1. The Hall–Kier alpha value is -4.11. The SMILES string of the molecule is COCc1[nH]nc(C(=O)NCc2ccccc2C(F)F)c1Cc1ccc(Cc2ccc[nH]c2=O)cc1. The van der Waals surface area contributed by atoms with Crippen LogP contribution in [0, 0.1) is 0 Å². The average molecular weight is 493 g/mol. The third kappa shape index (κ3) is 5.92. The number of nitrogens with zero attached hydrogens (tertiary/aromatic N) is 1. The molecule has 0 radical (unpaired) electrons. The van der Waals surface area contributed by atoms with Gasteiger partial charge in [0.25, 0.3) is 17.9 Å². The smallest absolute Gasteiger partial charge is 0.272 e. The third-order valence-corrected chi connectivity index (χ3v) is 5.88. The summed E-state index contributed by atoms with van der Waals surface area (Å²) in [4.78, 5) is 27.6. The number of amides is 1. The minimum Gasteiger partial charge on any atom is -0.378 e. The van der Waals surface area contributed by atoms with E-state index in [0.717, 1.165) is 11.1 Å². The van der Waals surface area contributed by atoms with Crippen LogP contribution in [0.1, 0.15) is 56.0 Å². The fraction of sp³-hybridized carbons (Fsp3) is 0.222. The molecule has 2 aromatic heterocycles. The van der Waals surface area contributed by atoms with Crippen molar-refractivity contribution < 1.29 is 18.3 Å². The standard InChI is InChI=1S/C27H26F2N4O3/c1-36-16-23-22(14-18-10-8-17(9-11-18)13-19-6-4-12-30-26(19)34)24(33-32-23)27(35)31-15-20-5-2-3-7-21(20)25(28)29/h2-12,25H,13-16H2,1H3,(H,30,34)(H,31,35)(H,32,33). The number of rotatable bonds is 10. The number of H-pyrrole nitrogens is 2. The molecule has 0 atom stereocenters. The molecule has 4 aromatic rings. The number of alkyl halides is 2. The van der Waals surface area contributed by atoms with Gasteiger partial charge in [0.1, 0.15) is 0 Å². The van der Waals surface area contributed by atoms with E-state index >= 15 is 0 Å². The highest BCUT2D eigenvalue weighted by atomic mass is 19.3. The second-order valence-electron chi connectivity index (χ2n) is 8.34. The van der Waals surface area contributed by atoms with Crippen molar-refractivity contribution in [2.24, 2.45) is 0 Å². The van der Waals surface area contributed by atoms with Crippen LogP contribution < -0.4 is 10.9 Å². The number of carbonyl (C=O) groups is 1.